The van der Waals surface area contributed by atoms with Gasteiger partial charge in [-0.1, -0.05) is 12.1 Å². The molecule has 1 nitrogen and oxygen atoms in total. The Balaban J connectivity index is 2.59. The second-order valence-corrected chi connectivity index (χ2v) is 4.65. The van der Waals surface area contributed by atoms with Crippen LogP contribution in [-0.2, 0) is 17.6 Å². The molecule has 1 atom stereocenters. The summed E-state index contributed by atoms with van der Waals surface area (Å²) in [7, 11) is 0. The van der Waals surface area contributed by atoms with Gasteiger partial charge in [0.2, 0.25) is 0 Å². The summed E-state index contributed by atoms with van der Waals surface area (Å²) in [5.74, 6) is 0.696. The lowest BCUT2D eigenvalue weighted by Gasteiger charge is -2.04. The molecule has 0 bridgehead atoms. The molecular weight excluding hydrogens is 204 g/mol. The third-order valence-electron chi connectivity index (χ3n) is 1.85. The molecule has 0 fully saturated rings. The van der Waals surface area contributed by atoms with E-state index in [0.29, 0.717) is 5.88 Å². The maximum atomic E-state index is 11.1. The van der Waals surface area contributed by atoms with Crippen LogP contribution in [0.3, 0.4) is 0 Å². The van der Waals surface area contributed by atoms with Crippen molar-refractivity contribution in [3.05, 3.63) is 29.8 Å². The maximum Gasteiger partial charge on any atom is 0.152 e. The Bertz CT molecular complexity index is 246. The molecule has 0 radical (unpaired) electrons. The fraction of sp³-hybridized carbons (Fsp3) is 0.400. The lowest BCUT2D eigenvalue weighted by molar-refractivity contribution is 0.601. The molecule has 0 saturated heterocycles. The van der Waals surface area contributed by atoms with Crippen molar-refractivity contribution in [3.63, 3.8) is 0 Å². The zero-order valence-electron chi connectivity index (χ0n) is 7.63. The van der Waals surface area contributed by atoms with Crippen LogP contribution in [0.25, 0.3) is 0 Å². The van der Waals surface area contributed by atoms with E-state index in [4.69, 9.17) is 11.6 Å². The standard InChI is InChI=1S/C10H13ClOS/c1-13(12)10-6-4-9(5-7-10)3-2-8-11/h4-7H,2-3,8H2,1H3. The van der Waals surface area contributed by atoms with Crippen LogP contribution in [0.15, 0.2) is 29.2 Å². The van der Waals surface area contributed by atoms with Gasteiger partial charge in [0.05, 0.1) is 0 Å². The number of alkyl halides is 1. The molecule has 0 aromatic heterocycles. The van der Waals surface area contributed by atoms with Crippen molar-refractivity contribution in [2.75, 3.05) is 12.1 Å². The lowest BCUT2D eigenvalue weighted by Crippen LogP contribution is -1.97. The average molecular weight is 217 g/mol. The van der Waals surface area contributed by atoms with E-state index in [-0.39, 0.29) is 0 Å². The molecule has 0 aliphatic heterocycles. The van der Waals surface area contributed by atoms with Gasteiger partial charge in [0.1, 0.15) is 6.26 Å². The molecule has 1 aromatic carbocycles. The highest BCUT2D eigenvalue weighted by Gasteiger charge is 2.02. The second-order valence-electron chi connectivity index (χ2n) is 2.89. The highest BCUT2D eigenvalue weighted by molar-refractivity contribution is 7.90. The topological polar surface area (TPSA) is 23.1 Å². The highest BCUT2D eigenvalue weighted by atomic mass is 35.5. The summed E-state index contributed by atoms with van der Waals surface area (Å²) in [6, 6.07) is 7.87. The Morgan fingerprint density at radius 2 is 1.92 bits per heavy atom. The third-order valence-corrected chi connectivity index (χ3v) is 3.06. The van der Waals surface area contributed by atoms with E-state index in [1.54, 1.807) is 6.26 Å². The predicted molar refractivity (Wildman–Crippen MR) is 57.8 cm³/mol. The summed E-state index contributed by atoms with van der Waals surface area (Å²) >= 11 is 4.72. The molecule has 0 N–H and O–H groups in total. The van der Waals surface area contributed by atoms with Crippen molar-refractivity contribution in [1.82, 2.24) is 0 Å². The van der Waals surface area contributed by atoms with Gasteiger partial charge in [-0.05, 0) is 41.7 Å². The SMILES string of the molecule is C[S+]([O-])c1ccc(CCCCl)cc1. The Labute approximate surface area is 87.3 Å². The summed E-state index contributed by atoms with van der Waals surface area (Å²) in [6.07, 6.45) is 3.68. The summed E-state index contributed by atoms with van der Waals surface area (Å²) in [5.41, 5.74) is 1.26. The van der Waals surface area contributed by atoms with Crippen molar-refractivity contribution in [1.29, 1.82) is 0 Å². The Hall–Kier alpha value is -0.180. The van der Waals surface area contributed by atoms with Crippen molar-refractivity contribution < 1.29 is 4.55 Å². The van der Waals surface area contributed by atoms with E-state index < -0.39 is 11.2 Å². The van der Waals surface area contributed by atoms with Gasteiger partial charge in [-0.2, -0.15) is 0 Å². The van der Waals surface area contributed by atoms with Crippen molar-refractivity contribution in [3.8, 4) is 0 Å². The number of rotatable bonds is 4. The van der Waals surface area contributed by atoms with E-state index >= 15 is 0 Å². The highest BCUT2D eigenvalue weighted by Crippen LogP contribution is 2.11. The first-order chi connectivity index (χ1) is 6.24. The molecule has 3 heteroatoms. The molecular formula is C10H13ClOS. The van der Waals surface area contributed by atoms with Gasteiger partial charge in [0, 0.05) is 5.88 Å². The van der Waals surface area contributed by atoms with Crippen LogP contribution in [0.1, 0.15) is 12.0 Å². The van der Waals surface area contributed by atoms with Crippen LogP contribution < -0.4 is 0 Å². The van der Waals surface area contributed by atoms with Crippen molar-refractivity contribution in [2.45, 2.75) is 17.7 Å². The fourth-order valence-corrected chi connectivity index (χ4v) is 1.77. The molecule has 1 unspecified atom stereocenters. The minimum absolute atomic E-state index is 0.696. The Morgan fingerprint density at radius 3 is 2.38 bits per heavy atom. The van der Waals surface area contributed by atoms with Crippen LogP contribution in [0.2, 0.25) is 0 Å². The number of halogens is 1. The normalized spacial score (nSPS) is 12.8. The van der Waals surface area contributed by atoms with Gasteiger partial charge in [-0.15, -0.1) is 11.6 Å². The average Bonchev–Trinajstić information content (AvgIpc) is 2.15. The third kappa shape index (κ3) is 3.59. The minimum Gasteiger partial charge on any atom is -0.612 e. The molecule has 1 rings (SSSR count). The summed E-state index contributed by atoms with van der Waals surface area (Å²) in [6.45, 7) is 0. The molecule has 0 amide bonds. The van der Waals surface area contributed by atoms with Crippen LogP contribution >= 0.6 is 11.6 Å². The number of benzene rings is 1. The smallest absolute Gasteiger partial charge is 0.152 e. The molecule has 0 aliphatic carbocycles. The molecule has 1 aromatic rings. The monoisotopic (exact) mass is 216 g/mol. The van der Waals surface area contributed by atoms with Gasteiger partial charge in [-0.25, -0.2) is 0 Å². The van der Waals surface area contributed by atoms with Crippen LogP contribution in [-0.4, -0.2) is 16.7 Å². The van der Waals surface area contributed by atoms with Crippen LogP contribution in [0.5, 0.6) is 0 Å². The van der Waals surface area contributed by atoms with E-state index in [1.807, 2.05) is 24.3 Å². The number of hydrogen-bond donors (Lipinski definition) is 0. The number of aryl methyl sites for hydroxylation is 1. The van der Waals surface area contributed by atoms with Gasteiger partial charge >= 0.3 is 0 Å². The first kappa shape index (κ1) is 10.9. The van der Waals surface area contributed by atoms with Gasteiger partial charge in [-0.3, -0.25) is 0 Å². The van der Waals surface area contributed by atoms with Crippen molar-refractivity contribution >= 4 is 22.8 Å². The Kier molecular flexibility index (Phi) is 4.64. The molecule has 13 heavy (non-hydrogen) atoms. The predicted octanol–water partition coefficient (Wildman–Crippen LogP) is 2.60. The molecule has 0 spiro atoms. The fourth-order valence-electron chi connectivity index (χ4n) is 1.12. The second kappa shape index (κ2) is 5.53. The summed E-state index contributed by atoms with van der Waals surface area (Å²) < 4.78 is 11.1. The molecule has 0 aliphatic rings. The van der Waals surface area contributed by atoms with Gasteiger partial charge < -0.3 is 4.55 Å². The quantitative estimate of drug-likeness (QED) is 0.561. The molecule has 0 heterocycles. The van der Waals surface area contributed by atoms with Gasteiger partial charge in [0.25, 0.3) is 0 Å². The van der Waals surface area contributed by atoms with E-state index in [1.165, 1.54) is 5.56 Å². The van der Waals surface area contributed by atoms with E-state index in [9.17, 15) is 4.55 Å². The van der Waals surface area contributed by atoms with Crippen molar-refractivity contribution in [2.24, 2.45) is 0 Å². The summed E-state index contributed by atoms with van der Waals surface area (Å²) in [5, 5.41) is 0. The minimum atomic E-state index is -0.869. The molecule has 72 valence electrons. The number of hydrogen-bond acceptors (Lipinski definition) is 1. The summed E-state index contributed by atoms with van der Waals surface area (Å²) in [4.78, 5) is 0.884. The van der Waals surface area contributed by atoms with E-state index in [2.05, 4.69) is 0 Å². The lowest BCUT2D eigenvalue weighted by atomic mass is 10.1. The van der Waals surface area contributed by atoms with Gasteiger partial charge in [0.15, 0.2) is 4.90 Å². The largest absolute Gasteiger partial charge is 0.612 e. The maximum absolute atomic E-state index is 11.1. The van der Waals surface area contributed by atoms with E-state index in [0.717, 1.165) is 17.7 Å². The first-order valence-corrected chi connectivity index (χ1v) is 6.31. The zero-order valence-corrected chi connectivity index (χ0v) is 9.20. The molecule has 0 saturated carbocycles. The van der Waals surface area contributed by atoms with Crippen LogP contribution in [0, 0.1) is 0 Å². The zero-order chi connectivity index (χ0) is 9.68. The first-order valence-electron chi connectivity index (χ1n) is 4.22. The van der Waals surface area contributed by atoms with Crippen LogP contribution in [0.4, 0.5) is 0 Å². The Morgan fingerprint density at radius 1 is 1.31 bits per heavy atom.